The maximum absolute atomic E-state index is 12.9. The molecule has 2 heterocycles. The molecule has 0 spiro atoms. The number of nitrogens with zero attached hydrogens (tertiary/aromatic N) is 2. The van der Waals surface area contributed by atoms with Crippen molar-refractivity contribution >= 4 is 17.5 Å². The predicted molar refractivity (Wildman–Crippen MR) is 143 cm³/mol. The van der Waals surface area contributed by atoms with Crippen molar-refractivity contribution < 1.29 is 24.5 Å². The average molecular weight is 518 g/mol. The van der Waals surface area contributed by atoms with Gasteiger partial charge in [-0.15, -0.1) is 0 Å². The van der Waals surface area contributed by atoms with Gasteiger partial charge in [-0.05, 0) is 35.9 Å². The Labute approximate surface area is 220 Å². The number of rotatable bonds is 10. The number of benzene rings is 2. The van der Waals surface area contributed by atoms with Gasteiger partial charge in [-0.2, -0.15) is 0 Å². The molecule has 3 aromatic rings. The van der Waals surface area contributed by atoms with Gasteiger partial charge in [0, 0.05) is 48.6 Å². The highest BCUT2D eigenvalue weighted by atomic mass is 16.5. The van der Waals surface area contributed by atoms with Crippen molar-refractivity contribution in [2.45, 2.75) is 25.5 Å². The fourth-order valence-corrected chi connectivity index (χ4v) is 4.59. The zero-order chi connectivity index (χ0) is 27.3. The Hall–Kier alpha value is -4.21. The first-order chi connectivity index (χ1) is 18.3. The van der Waals surface area contributed by atoms with Crippen LogP contribution in [-0.2, 0) is 21.7 Å². The van der Waals surface area contributed by atoms with Crippen LogP contribution in [0.15, 0.2) is 83.8 Å². The van der Waals surface area contributed by atoms with Crippen molar-refractivity contribution in [3.63, 3.8) is 0 Å². The monoisotopic (exact) mass is 517 g/mol. The van der Waals surface area contributed by atoms with Gasteiger partial charge in [0.05, 0.1) is 13.7 Å². The molecule has 2 atom stereocenters. The fraction of sp³-hybridized carbons (Fsp3) is 0.276. The van der Waals surface area contributed by atoms with E-state index in [0.29, 0.717) is 23.5 Å². The maximum atomic E-state index is 12.9. The molecule has 0 saturated heterocycles. The molecule has 9 heteroatoms. The van der Waals surface area contributed by atoms with Gasteiger partial charge in [-0.25, -0.2) is 0 Å². The number of nitrogens with one attached hydrogen (secondary N) is 1. The summed E-state index contributed by atoms with van der Waals surface area (Å²) >= 11 is 0. The summed E-state index contributed by atoms with van der Waals surface area (Å²) in [6, 6.07) is 17.6. The molecule has 0 fully saturated rings. The number of fused-ring (bicyclic) bond motifs is 1. The smallest absolute Gasteiger partial charge is 0.297 e. The number of anilines is 1. The summed E-state index contributed by atoms with van der Waals surface area (Å²) in [5, 5.41) is 23.7. The molecule has 0 unspecified atom stereocenters. The molecule has 4 rings (SSSR count). The van der Waals surface area contributed by atoms with Gasteiger partial charge in [0.2, 0.25) is 5.91 Å². The number of hydrogen-bond donors (Lipinski definition) is 3. The lowest BCUT2D eigenvalue weighted by Crippen LogP contribution is -2.40. The first-order valence-electron chi connectivity index (χ1n) is 12.3. The molecule has 0 bridgehead atoms. The van der Waals surface area contributed by atoms with E-state index in [9.17, 15) is 24.6 Å². The second-order valence-corrected chi connectivity index (χ2v) is 9.15. The van der Waals surface area contributed by atoms with Crippen LogP contribution < -0.4 is 15.6 Å². The standard InChI is InChI=1S/C29H31N3O6/c1-20(8-6-12-26(34)31(16-17-33)19-21-9-4-3-5-10-21)29(37)23-18-22(13-14-24(23)30-28(29)36)32-15-7-11-25(38-2)27(32)35/h3-11,13-15,18,20,33,37H,12,16-17,19H2,1-2H3,(H,30,36)/b8-6+/t20-,29+/m1/s1. The van der Waals surface area contributed by atoms with Crippen molar-refractivity contribution in [3.05, 3.63) is 100 Å². The third-order valence-corrected chi connectivity index (χ3v) is 6.73. The molecule has 9 nitrogen and oxygen atoms in total. The van der Waals surface area contributed by atoms with E-state index in [1.54, 1.807) is 60.5 Å². The van der Waals surface area contributed by atoms with Crippen LogP contribution in [-0.4, -0.2) is 51.8 Å². The summed E-state index contributed by atoms with van der Waals surface area (Å²) in [6.45, 7) is 2.10. The third kappa shape index (κ3) is 5.25. The highest BCUT2D eigenvalue weighted by Crippen LogP contribution is 2.42. The molecule has 2 amide bonds. The number of carbonyl (C=O) groups is 2. The molecule has 1 aliphatic heterocycles. The molecular weight excluding hydrogens is 486 g/mol. The van der Waals surface area contributed by atoms with E-state index >= 15 is 0 Å². The summed E-state index contributed by atoms with van der Waals surface area (Å²) in [5.41, 5.74) is -0.0668. The van der Waals surface area contributed by atoms with E-state index in [1.807, 2.05) is 30.3 Å². The van der Waals surface area contributed by atoms with Crippen molar-refractivity contribution in [3.8, 4) is 11.4 Å². The summed E-state index contributed by atoms with van der Waals surface area (Å²) in [7, 11) is 1.41. The van der Waals surface area contributed by atoms with Crippen LogP contribution in [0.25, 0.3) is 5.69 Å². The Morgan fingerprint density at radius 1 is 1.16 bits per heavy atom. The fourth-order valence-electron chi connectivity index (χ4n) is 4.59. The summed E-state index contributed by atoms with van der Waals surface area (Å²) in [6.07, 6.45) is 4.89. The van der Waals surface area contributed by atoms with Crippen LogP contribution in [0.3, 0.4) is 0 Å². The Balaban J connectivity index is 1.54. The van der Waals surface area contributed by atoms with E-state index in [-0.39, 0.29) is 36.8 Å². The van der Waals surface area contributed by atoms with Crippen molar-refractivity contribution in [1.29, 1.82) is 0 Å². The number of ether oxygens (including phenoxy) is 1. The van der Waals surface area contributed by atoms with Gasteiger partial charge in [-0.1, -0.05) is 49.4 Å². The zero-order valence-corrected chi connectivity index (χ0v) is 21.3. The molecule has 1 aliphatic rings. The average Bonchev–Trinajstić information content (AvgIpc) is 3.19. The molecule has 0 aliphatic carbocycles. The summed E-state index contributed by atoms with van der Waals surface area (Å²) < 4.78 is 6.50. The Morgan fingerprint density at radius 3 is 2.63 bits per heavy atom. The molecule has 0 radical (unpaired) electrons. The Morgan fingerprint density at radius 2 is 1.92 bits per heavy atom. The lowest BCUT2D eigenvalue weighted by molar-refractivity contribution is -0.137. The number of pyridine rings is 1. The van der Waals surface area contributed by atoms with Crippen molar-refractivity contribution in [1.82, 2.24) is 9.47 Å². The number of aromatic nitrogens is 1. The molecule has 1 aromatic heterocycles. The molecule has 3 N–H and O–H groups in total. The second-order valence-electron chi connectivity index (χ2n) is 9.15. The Bertz CT molecular complexity index is 1400. The van der Waals surface area contributed by atoms with E-state index in [4.69, 9.17) is 4.74 Å². The van der Waals surface area contributed by atoms with E-state index in [2.05, 4.69) is 5.32 Å². The highest BCUT2D eigenvalue weighted by molar-refractivity contribution is 6.05. The Kier molecular flexibility index (Phi) is 8.09. The lowest BCUT2D eigenvalue weighted by Gasteiger charge is -2.26. The normalized spacial score (nSPS) is 17.2. The van der Waals surface area contributed by atoms with Crippen molar-refractivity contribution in [2.24, 2.45) is 5.92 Å². The third-order valence-electron chi connectivity index (χ3n) is 6.73. The van der Waals surface area contributed by atoms with Gasteiger partial charge in [0.15, 0.2) is 11.4 Å². The molecule has 2 aromatic carbocycles. The summed E-state index contributed by atoms with van der Waals surface area (Å²) in [5.74, 6) is -1.29. The number of aliphatic hydroxyl groups excluding tert-OH is 1. The largest absolute Gasteiger partial charge is 0.491 e. The van der Waals surface area contributed by atoms with Crippen LogP contribution in [0.4, 0.5) is 5.69 Å². The van der Waals surface area contributed by atoms with Crippen LogP contribution >= 0.6 is 0 Å². The van der Waals surface area contributed by atoms with Gasteiger partial charge in [0.1, 0.15) is 0 Å². The number of amides is 2. The summed E-state index contributed by atoms with van der Waals surface area (Å²) in [4.78, 5) is 40.0. The highest BCUT2D eigenvalue weighted by Gasteiger charge is 2.48. The van der Waals surface area contributed by atoms with E-state index < -0.39 is 17.4 Å². The van der Waals surface area contributed by atoms with Crippen LogP contribution in [0.1, 0.15) is 24.5 Å². The minimum Gasteiger partial charge on any atom is -0.491 e. The number of aliphatic hydroxyl groups is 2. The van der Waals surface area contributed by atoms with E-state index in [0.717, 1.165) is 5.56 Å². The molecule has 38 heavy (non-hydrogen) atoms. The predicted octanol–water partition coefficient (Wildman–Crippen LogP) is 2.59. The second kappa shape index (κ2) is 11.5. The first-order valence-corrected chi connectivity index (χ1v) is 12.3. The number of hydrogen-bond acceptors (Lipinski definition) is 6. The minimum absolute atomic E-state index is 0.0426. The number of carbonyl (C=O) groups excluding carboxylic acids is 2. The zero-order valence-electron chi connectivity index (χ0n) is 21.3. The number of methoxy groups -OCH3 is 1. The molecular formula is C29H31N3O6. The topological polar surface area (TPSA) is 121 Å². The van der Waals surface area contributed by atoms with Gasteiger partial charge in [-0.3, -0.25) is 19.0 Å². The first kappa shape index (κ1) is 26.8. The minimum atomic E-state index is -1.90. The van der Waals surface area contributed by atoms with Crippen LogP contribution in [0.5, 0.6) is 5.75 Å². The quantitative estimate of drug-likeness (QED) is 0.356. The van der Waals surface area contributed by atoms with Crippen molar-refractivity contribution in [2.75, 3.05) is 25.6 Å². The van der Waals surface area contributed by atoms with E-state index in [1.165, 1.54) is 11.7 Å². The SMILES string of the molecule is COc1cccn(-c2ccc3c(c2)[C@@](O)([C@H](C)/C=C/CC(=O)N(CCO)Cc2ccccc2)C(=O)N3)c1=O. The molecule has 198 valence electrons. The van der Waals surface area contributed by atoms with Gasteiger partial charge in [0.25, 0.3) is 11.5 Å². The van der Waals surface area contributed by atoms with Gasteiger partial charge < -0.3 is 25.2 Å². The van der Waals surface area contributed by atoms with Gasteiger partial charge >= 0.3 is 0 Å². The van der Waals surface area contributed by atoms with Crippen LogP contribution in [0, 0.1) is 5.92 Å². The van der Waals surface area contributed by atoms with Crippen LogP contribution in [0.2, 0.25) is 0 Å². The molecule has 0 saturated carbocycles. The maximum Gasteiger partial charge on any atom is 0.297 e. The lowest BCUT2D eigenvalue weighted by atomic mass is 9.82.